The largest absolute Gasteiger partial charge is 0.480 e. The first kappa shape index (κ1) is 16.9. The van der Waals surface area contributed by atoms with Crippen LogP contribution in [0.1, 0.15) is 28.6 Å². The zero-order valence-corrected chi connectivity index (χ0v) is 13.7. The second-order valence-corrected chi connectivity index (χ2v) is 5.49. The van der Waals surface area contributed by atoms with Gasteiger partial charge in [0.05, 0.1) is 6.26 Å². The molecule has 1 aromatic heterocycles. The molecule has 1 unspecified atom stereocenters. The van der Waals surface area contributed by atoms with Gasteiger partial charge in [-0.3, -0.25) is 20.4 Å². The number of amides is 2. The average molecular weight is 337 g/mol. The summed E-state index contributed by atoms with van der Waals surface area (Å²) in [5, 5.41) is 0.607. The Morgan fingerprint density at radius 1 is 1.22 bits per heavy atom. The molecule has 122 valence electrons. The SMILES string of the molecule is Cc1cc(Cl)cc(C)c1OC(C)C(=O)NNC(=O)c1ccco1. The van der Waals surface area contributed by atoms with Gasteiger partial charge in [0.1, 0.15) is 5.75 Å². The lowest BCUT2D eigenvalue weighted by atomic mass is 10.1. The van der Waals surface area contributed by atoms with Gasteiger partial charge in [0.15, 0.2) is 11.9 Å². The average Bonchev–Trinajstić information content (AvgIpc) is 3.02. The molecular formula is C16H17ClN2O4. The normalized spacial score (nSPS) is 11.7. The number of halogens is 1. The minimum absolute atomic E-state index is 0.100. The number of rotatable bonds is 4. The van der Waals surface area contributed by atoms with Crippen LogP contribution in [0.15, 0.2) is 34.9 Å². The summed E-state index contributed by atoms with van der Waals surface area (Å²) in [5.74, 6) is -0.342. The van der Waals surface area contributed by atoms with E-state index < -0.39 is 17.9 Å². The number of hydrogen-bond acceptors (Lipinski definition) is 4. The lowest BCUT2D eigenvalue weighted by Crippen LogP contribution is -2.47. The van der Waals surface area contributed by atoms with E-state index in [4.69, 9.17) is 20.8 Å². The van der Waals surface area contributed by atoms with Crippen LogP contribution in [0, 0.1) is 13.8 Å². The fraction of sp³-hybridized carbons (Fsp3) is 0.250. The third-order valence-corrected chi connectivity index (χ3v) is 3.35. The van der Waals surface area contributed by atoms with Gasteiger partial charge in [-0.15, -0.1) is 0 Å². The van der Waals surface area contributed by atoms with Gasteiger partial charge in [-0.25, -0.2) is 0 Å². The molecule has 0 spiro atoms. The van der Waals surface area contributed by atoms with Crippen LogP contribution >= 0.6 is 11.6 Å². The van der Waals surface area contributed by atoms with Crippen LogP contribution in [0.4, 0.5) is 0 Å². The Hall–Kier alpha value is -2.47. The highest BCUT2D eigenvalue weighted by atomic mass is 35.5. The van der Waals surface area contributed by atoms with Crippen LogP contribution in [-0.4, -0.2) is 17.9 Å². The molecule has 1 atom stereocenters. The second kappa shape index (κ2) is 7.19. The Kier molecular flexibility index (Phi) is 5.28. The van der Waals surface area contributed by atoms with Gasteiger partial charge in [0.25, 0.3) is 5.91 Å². The van der Waals surface area contributed by atoms with E-state index in [1.165, 1.54) is 12.3 Å². The number of carbonyl (C=O) groups excluding carboxylic acids is 2. The summed E-state index contributed by atoms with van der Waals surface area (Å²) >= 11 is 5.96. The fourth-order valence-electron chi connectivity index (χ4n) is 2.00. The minimum atomic E-state index is -0.800. The molecule has 0 aliphatic carbocycles. The van der Waals surface area contributed by atoms with Gasteiger partial charge >= 0.3 is 5.91 Å². The molecule has 0 aliphatic rings. The maximum absolute atomic E-state index is 12.0. The lowest BCUT2D eigenvalue weighted by molar-refractivity contribution is -0.128. The van der Waals surface area contributed by atoms with Gasteiger partial charge in [-0.1, -0.05) is 11.6 Å². The summed E-state index contributed by atoms with van der Waals surface area (Å²) in [6, 6.07) is 6.58. The van der Waals surface area contributed by atoms with E-state index in [9.17, 15) is 9.59 Å². The lowest BCUT2D eigenvalue weighted by Gasteiger charge is -2.18. The summed E-state index contributed by atoms with van der Waals surface area (Å²) < 4.78 is 10.6. The van der Waals surface area contributed by atoms with Crippen molar-refractivity contribution in [3.63, 3.8) is 0 Å². The molecule has 2 aromatic rings. The molecule has 1 aromatic carbocycles. The minimum Gasteiger partial charge on any atom is -0.480 e. The predicted molar refractivity (Wildman–Crippen MR) is 85.3 cm³/mol. The van der Waals surface area contributed by atoms with Gasteiger partial charge in [0.2, 0.25) is 0 Å². The third kappa shape index (κ3) is 4.26. The zero-order chi connectivity index (χ0) is 17.0. The first-order valence-electron chi connectivity index (χ1n) is 6.95. The van der Waals surface area contributed by atoms with Crippen molar-refractivity contribution in [2.45, 2.75) is 26.9 Å². The second-order valence-electron chi connectivity index (χ2n) is 5.05. The molecule has 0 saturated heterocycles. The molecule has 0 aliphatic heterocycles. The molecule has 0 radical (unpaired) electrons. The van der Waals surface area contributed by atoms with Crippen molar-refractivity contribution >= 4 is 23.4 Å². The number of hydrazine groups is 1. The van der Waals surface area contributed by atoms with Crippen LogP contribution < -0.4 is 15.6 Å². The molecule has 2 amide bonds. The van der Waals surface area contributed by atoms with Crippen molar-refractivity contribution in [2.75, 3.05) is 0 Å². The van der Waals surface area contributed by atoms with Crippen LogP contribution in [0.25, 0.3) is 0 Å². The standard InChI is InChI=1S/C16H17ClN2O4/c1-9-7-12(17)8-10(2)14(9)23-11(3)15(20)18-19-16(21)13-5-4-6-22-13/h4-8,11H,1-3H3,(H,18,20)(H,19,21). The predicted octanol–water partition coefficient (Wildman–Crippen LogP) is 2.78. The Bertz CT molecular complexity index is 690. The summed E-state index contributed by atoms with van der Waals surface area (Å²) in [6.45, 7) is 5.27. The van der Waals surface area contributed by atoms with E-state index in [2.05, 4.69) is 10.9 Å². The van der Waals surface area contributed by atoms with Gasteiger partial charge in [-0.05, 0) is 56.2 Å². The zero-order valence-electron chi connectivity index (χ0n) is 13.0. The van der Waals surface area contributed by atoms with Gasteiger partial charge in [0, 0.05) is 5.02 Å². The van der Waals surface area contributed by atoms with E-state index in [0.717, 1.165) is 11.1 Å². The fourth-order valence-corrected chi connectivity index (χ4v) is 2.33. The third-order valence-electron chi connectivity index (χ3n) is 3.13. The highest BCUT2D eigenvalue weighted by molar-refractivity contribution is 6.30. The number of aryl methyl sites for hydroxylation is 2. The number of benzene rings is 1. The molecule has 23 heavy (non-hydrogen) atoms. The molecule has 0 fully saturated rings. The molecule has 2 N–H and O–H groups in total. The van der Waals surface area contributed by atoms with E-state index in [0.29, 0.717) is 10.8 Å². The summed E-state index contributed by atoms with van der Waals surface area (Å²) in [4.78, 5) is 23.7. The van der Waals surface area contributed by atoms with Crippen molar-refractivity contribution in [3.8, 4) is 5.75 Å². The number of hydrogen-bond donors (Lipinski definition) is 2. The van der Waals surface area contributed by atoms with Gasteiger partial charge < -0.3 is 9.15 Å². The number of furan rings is 1. The Balaban J connectivity index is 1.94. The monoisotopic (exact) mass is 336 g/mol. The maximum atomic E-state index is 12.0. The van der Waals surface area contributed by atoms with Crippen molar-refractivity contribution in [2.24, 2.45) is 0 Å². The molecule has 0 saturated carbocycles. The summed E-state index contributed by atoms with van der Waals surface area (Å²) in [7, 11) is 0. The van der Waals surface area contributed by atoms with Crippen molar-refractivity contribution in [1.29, 1.82) is 0 Å². The van der Waals surface area contributed by atoms with Crippen molar-refractivity contribution < 1.29 is 18.7 Å². The van der Waals surface area contributed by atoms with Gasteiger partial charge in [-0.2, -0.15) is 0 Å². The topological polar surface area (TPSA) is 80.6 Å². The quantitative estimate of drug-likeness (QED) is 0.841. The maximum Gasteiger partial charge on any atom is 0.305 e. The molecule has 2 rings (SSSR count). The van der Waals surface area contributed by atoms with E-state index in [1.807, 2.05) is 13.8 Å². The number of carbonyl (C=O) groups is 2. The molecule has 7 heteroatoms. The smallest absolute Gasteiger partial charge is 0.305 e. The number of nitrogens with one attached hydrogen (secondary N) is 2. The highest BCUT2D eigenvalue weighted by Crippen LogP contribution is 2.27. The van der Waals surface area contributed by atoms with Crippen molar-refractivity contribution in [1.82, 2.24) is 10.9 Å². The van der Waals surface area contributed by atoms with Crippen LogP contribution in [0.5, 0.6) is 5.75 Å². The van der Waals surface area contributed by atoms with E-state index in [-0.39, 0.29) is 5.76 Å². The molecular weight excluding hydrogens is 320 g/mol. The molecule has 6 nitrogen and oxygen atoms in total. The van der Waals surface area contributed by atoms with Crippen LogP contribution in [0.2, 0.25) is 5.02 Å². The Morgan fingerprint density at radius 3 is 2.43 bits per heavy atom. The first-order chi connectivity index (χ1) is 10.9. The summed E-state index contributed by atoms with van der Waals surface area (Å²) in [5.41, 5.74) is 6.20. The highest BCUT2D eigenvalue weighted by Gasteiger charge is 2.18. The Morgan fingerprint density at radius 2 is 1.87 bits per heavy atom. The summed E-state index contributed by atoms with van der Waals surface area (Å²) in [6.07, 6.45) is 0.569. The van der Waals surface area contributed by atoms with E-state index >= 15 is 0 Å². The molecule has 0 bridgehead atoms. The van der Waals surface area contributed by atoms with Crippen LogP contribution in [-0.2, 0) is 4.79 Å². The van der Waals surface area contributed by atoms with E-state index in [1.54, 1.807) is 25.1 Å². The first-order valence-corrected chi connectivity index (χ1v) is 7.33. The van der Waals surface area contributed by atoms with Crippen LogP contribution in [0.3, 0.4) is 0 Å². The number of ether oxygens (including phenoxy) is 1. The van der Waals surface area contributed by atoms with Crippen molar-refractivity contribution in [3.05, 3.63) is 52.4 Å². The molecule has 1 heterocycles. The Labute approximate surface area is 138 Å².